The highest BCUT2D eigenvalue weighted by Crippen LogP contribution is 2.32. The number of rotatable bonds is 8. The van der Waals surface area contributed by atoms with E-state index in [-0.39, 0.29) is 23.7 Å². The third-order valence-corrected chi connectivity index (χ3v) is 5.16. The molecule has 0 spiro atoms. The van der Waals surface area contributed by atoms with Crippen LogP contribution in [0.5, 0.6) is 5.75 Å². The van der Waals surface area contributed by atoms with E-state index in [4.69, 9.17) is 4.74 Å². The second-order valence-corrected chi connectivity index (χ2v) is 7.46. The predicted octanol–water partition coefficient (Wildman–Crippen LogP) is 3.13. The van der Waals surface area contributed by atoms with Gasteiger partial charge in [0.1, 0.15) is 5.75 Å². The van der Waals surface area contributed by atoms with E-state index in [9.17, 15) is 9.59 Å². The van der Waals surface area contributed by atoms with Crippen LogP contribution in [0.4, 0.5) is 0 Å². The van der Waals surface area contributed by atoms with Crippen LogP contribution in [0, 0.1) is 11.8 Å². The Morgan fingerprint density at radius 1 is 1.23 bits per heavy atom. The molecule has 1 aromatic rings. The predicted molar refractivity (Wildman–Crippen MR) is 101 cm³/mol. The van der Waals surface area contributed by atoms with E-state index in [0.717, 1.165) is 63.0 Å². The Morgan fingerprint density at radius 2 is 2.08 bits per heavy atom. The van der Waals surface area contributed by atoms with Gasteiger partial charge in [-0.1, -0.05) is 25.5 Å². The molecule has 2 fully saturated rings. The van der Waals surface area contributed by atoms with Crippen molar-refractivity contribution in [1.29, 1.82) is 0 Å². The average molecular weight is 358 g/mol. The van der Waals surface area contributed by atoms with Gasteiger partial charge >= 0.3 is 0 Å². The van der Waals surface area contributed by atoms with Crippen molar-refractivity contribution >= 4 is 11.8 Å². The number of piperidine rings is 1. The molecule has 0 unspecified atom stereocenters. The van der Waals surface area contributed by atoms with Gasteiger partial charge in [-0.25, -0.2) is 0 Å². The summed E-state index contributed by atoms with van der Waals surface area (Å²) >= 11 is 0. The number of hydrogen-bond acceptors (Lipinski definition) is 3. The lowest BCUT2D eigenvalue weighted by Crippen LogP contribution is -2.45. The largest absolute Gasteiger partial charge is 0.494 e. The summed E-state index contributed by atoms with van der Waals surface area (Å²) in [7, 11) is 0. The van der Waals surface area contributed by atoms with Crippen molar-refractivity contribution in [1.82, 2.24) is 10.2 Å². The van der Waals surface area contributed by atoms with E-state index in [1.165, 1.54) is 0 Å². The Morgan fingerprint density at radius 3 is 2.85 bits per heavy atom. The summed E-state index contributed by atoms with van der Waals surface area (Å²) < 4.78 is 5.72. The lowest BCUT2D eigenvalue weighted by Gasteiger charge is -2.32. The maximum absolute atomic E-state index is 12.5. The number of carbonyl (C=O) groups is 2. The van der Waals surface area contributed by atoms with Gasteiger partial charge in [0, 0.05) is 25.6 Å². The maximum Gasteiger partial charge on any atom is 0.225 e. The quantitative estimate of drug-likeness (QED) is 0.727. The first-order chi connectivity index (χ1) is 12.7. The number of likely N-dealkylation sites (tertiary alicyclic amines) is 1. The van der Waals surface area contributed by atoms with Crippen LogP contribution >= 0.6 is 0 Å². The zero-order chi connectivity index (χ0) is 18.4. The standard InChI is InChI=1S/C21H30N2O3/c1-2-3-12-26-19-8-4-6-16(13-19)14-22-20(24)18-7-5-11-23(15-18)21(25)17-9-10-17/h4,6,8,13,17-18H,2-3,5,7,9-12,14-15H2,1H3,(H,22,24)/t18-/m1/s1. The number of hydrogen-bond donors (Lipinski definition) is 1. The summed E-state index contributed by atoms with van der Waals surface area (Å²) in [6, 6.07) is 7.89. The number of carbonyl (C=O) groups excluding carboxylic acids is 2. The second-order valence-electron chi connectivity index (χ2n) is 7.46. The highest BCUT2D eigenvalue weighted by atomic mass is 16.5. The number of amides is 2. The van der Waals surface area contributed by atoms with Gasteiger partial charge in [-0.05, 0) is 49.8 Å². The minimum absolute atomic E-state index is 0.0515. The Bertz CT molecular complexity index is 627. The van der Waals surface area contributed by atoms with Gasteiger partial charge in [0.15, 0.2) is 0 Å². The van der Waals surface area contributed by atoms with Crippen LogP contribution in [-0.2, 0) is 16.1 Å². The van der Waals surface area contributed by atoms with Crippen LogP contribution in [-0.4, -0.2) is 36.4 Å². The molecule has 5 heteroatoms. The van der Waals surface area contributed by atoms with Crippen molar-refractivity contribution in [2.75, 3.05) is 19.7 Å². The molecule has 1 aliphatic carbocycles. The minimum Gasteiger partial charge on any atom is -0.494 e. The lowest BCUT2D eigenvalue weighted by molar-refractivity contribution is -0.136. The molecule has 1 saturated carbocycles. The van der Waals surface area contributed by atoms with Crippen LogP contribution in [0.2, 0.25) is 0 Å². The summed E-state index contributed by atoms with van der Waals surface area (Å²) in [4.78, 5) is 26.7. The van der Waals surface area contributed by atoms with Crippen molar-refractivity contribution < 1.29 is 14.3 Å². The molecule has 26 heavy (non-hydrogen) atoms. The molecule has 142 valence electrons. The van der Waals surface area contributed by atoms with Crippen LogP contribution in [0.1, 0.15) is 51.0 Å². The van der Waals surface area contributed by atoms with Crippen LogP contribution in [0.15, 0.2) is 24.3 Å². The van der Waals surface area contributed by atoms with Crippen molar-refractivity contribution in [3.05, 3.63) is 29.8 Å². The fraction of sp³-hybridized carbons (Fsp3) is 0.619. The number of benzene rings is 1. The Labute approximate surface area is 156 Å². The molecule has 2 amide bonds. The normalized spacial score (nSPS) is 19.9. The zero-order valence-electron chi connectivity index (χ0n) is 15.7. The fourth-order valence-corrected chi connectivity index (χ4v) is 3.39. The highest BCUT2D eigenvalue weighted by molar-refractivity contribution is 5.83. The van der Waals surface area contributed by atoms with Gasteiger partial charge in [0.25, 0.3) is 0 Å². The summed E-state index contributed by atoms with van der Waals surface area (Å²) in [6.07, 6.45) is 5.96. The molecule has 1 aromatic carbocycles. The molecule has 3 rings (SSSR count). The number of ether oxygens (including phenoxy) is 1. The zero-order valence-corrected chi connectivity index (χ0v) is 15.7. The first kappa shape index (κ1) is 18.7. The Kier molecular flexibility index (Phi) is 6.53. The molecule has 5 nitrogen and oxygen atoms in total. The second kappa shape index (κ2) is 9.06. The van der Waals surface area contributed by atoms with Gasteiger partial charge in [0.05, 0.1) is 12.5 Å². The number of unbranched alkanes of at least 4 members (excludes halogenated alkanes) is 1. The average Bonchev–Trinajstić information content (AvgIpc) is 3.51. The molecule has 1 atom stereocenters. The van der Waals surface area contributed by atoms with E-state index >= 15 is 0 Å². The van der Waals surface area contributed by atoms with Gasteiger partial charge in [-0.2, -0.15) is 0 Å². The molecule has 0 radical (unpaired) electrons. The van der Waals surface area contributed by atoms with Gasteiger partial charge in [-0.3, -0.25) is 9.59 Å². The molecule has 0 aromatic heterocycles. The van der Waals surface area contributed by atoms with Gasteiger partial charge in [-0.15, -0.1) is 0 Å². The van der Waals surface area contributed by atoms with Crippen LogP contribution < -0.4 is 10.1 Å². The summed E-state index contributed by atoms with van der Waals surface area (Å²) in [5, 5.41) is 3.04. The monoisotopic (exact) mass is 358 g/mol. The van der Waals surface area contributed by atoms with Gasteiger partial charge < -0.3 is 15.0 Å². The molecule has 1 heterocycles. The van der Waals surface area contributed by atoms with Crippen molar-refractivity contribution in [2.45, 2.75) is 52.0 Å². The summed E-state index contributed by atoms with van der Waals surface area (Å²) in [6.45, 7) is 4.73. The van der Waals surface area contributed by atoms with E-state index < -0.39 is 0 Å². The molecule has 1 N–H and O–H groups in total. The summed E-state index contributed by atoms with van der Waals surface area (Å²) in [5.41, 5.74) is 1.04. The highest BCUT2D eigenvalue weighted by Gasteiger charge is 2.36. The number of nitrogens with zero attached hydrogens (tertiary/aromatic N) is 1. The molecule has 0 bridgehead atoms. The Hall–Kier alpha value is -2.04. The SMILES string of the molecule is CCCCOc1cccc(CNC(=O)[C@@H]2CCCN(C(=O)C3CC3)C2)c1. The first-order valence-electron chi connectivity index (χ1n) is 9.95. The van der Waals surface area contributed by atoms with Crippen LogP contribution in [0.25, 0.3) is 0 Å². The summed E-state index contributed by atoms with van der Waals surface area (Å²) in [5.74, 6) is 1.29. The fourth-order valence-electron chi connectivity index (χ4n) is 3.39. The van der Waals surface area contributed by atoms with Crippen molar-refractivity contribution in [3.63, 3.8) is 0 Å². The van der Waals surface area contributed by atoms with E-state index in [0.29, 0.717) is 13.1 Å². The van der Waals surface area contributed by atoms with Gasteiger partial charge in [0.2, 0.25) is 11.8 Å². The topological polar surface area (TPSA) is 58.6 Å². The van der Waals surface area contributed by atoms with E-state index in [2.05, 4.69) is 12.2 Å². The maximum atomic E-state index is 12.5. The Balaban J connectivity index is 1.47. The smallest absolute Gasteiger partial charge is 0.225 e. The molecule has 1 aliphatic heterocycles. The molecular weight excluding hydrogens is 328 g/mol. The van der Waals surface area contributed by atoms with Crippen molar-refractivity contribution in [3.8, 4) is 5.75 Å². The lowest BCUT2D eigenvalue weighted by atomic mass is 9.96. The molecular formula is C21H30N2O3. The minimum atomic E-state index is -0.0876. The van der Waals surface area contributed by atoms with E-state index in [1.54, 1.807) is 0 Å². The van der Waals surface area contributed by atoms with Crippen LogP contribution in [0.3, 0.4) is 0 Å². The third kappa shape index (κ3) is 5.23. The molecule has 2 aliphatic rings. The molecule has 1 saturated heterocycles. The van der Waals surface area contributed by atoms with E-state index in [1.807, 2.05) is 29.2 Å². The van der Waals surface area contributed by atoms with Crippen molar-refractivity contribution in [2.24, 2.45) is 11.8 Å². The number of nitrogens with one attached hydrogen (secondary N) is 1. The first-order valence-corrected chi connectivity index (χ1v) is 9.95. The third-order valence-electron chi connectivity index (χ3n) is 5.16.